The lowest BCUT2D eigenvalue weighted by Crippen LogP contribution is -2.02. The maximum absolute atomic E-state index is 11.6. The second-order valence-electron chi connectivity index (χ2n) is 4.63. The number of carboxylic acids is 1. The Labute approximate surface area is 134 Å². The molecule has 0 radical (unpaired) electrons. The van der Waals surface area contributed by atoms with Gasteiger partial charge in [-0.2, -0.15) is 0 Å². The van der Waals surface area contributed by atoms with Gasteiger partial charge < -0.3 is 24.1 Å². The van der Waals surface area contributed by atoms with Crippen LogP contribution in [0.3, 0.4) is 0 Å². The van der Waals surface area contributed by atoms with Crippen LogP contribution in [-0.4, -0.2) is 39.5 Å². The minimum absolute atomic E-state index is 0.106. The molecule has 0 heterocycles. The molecule has 6 heteroatoms. The van der Waals surface area contributed by atoms with Crippen LogP contribution in [-0.2, 0) is 0 Å². The van der Waals surface area contributed by atoms with E-state index in [1.807, 2.05) is 0 Å². The largest absolute Gasteiger partial charge is 0.493 e. The number of methoxy groups -OCH3 is 4. The van der Waals surface area contributed by atoms with E-state index in [0.29, 0.717) is 34.1 Å². The number of hydrogen-bond donors (Lipinski definition) is 1. The van der Waals surface area contributed by atoms with Gasteiger partial charge in [-0.1, -0.05) is 6.07 Å². The summed E-state index contributed by atoms with van der Waals surface area (Å²) in [6, 6.07) is 8.26. The second kappa shape index (κ2) is 6.91. The number of carbonyl (C=O) groups is 1. The first kappa shape index (κ1) is 16.5. The van der Waals surface area contributed by atoms with Crippen LogP contribution >= 0.6 is 0 Å². The van der Waals surface area contributed by atoms with Gasteiger partial charge in [-0.05, 0) is 29.8 Å². The molecule has 0 fully saturated rings. The van der Waals surface area contributed by atoms with Gasteiger partial charge in [0.25, 0.3) is 0 Å². The van der Waals surface area contributed by atoms with Crippen molar-refractivity contribution in [1.82, 2.24) is 0 Å². The summed E-state index contributed by atoms with van der Waals surface area (Å²) in [7, 11) is 6.02. The van der Waals surface area contributed by atoms with Crippen molar-refractivity contribution in [3.8, 4) is 34.1 Å². The molecule has 0 aliphatic carbocycles. The fourth-order valence-corrected chi connectivity index (χ4v) is 2.30. The van der Waals surface area contributed by atoms with Gasteiger partial charge in [0.05, 0.1) is 34.0 Å². The Kier molecular flexibility index (Phi) is 4.95. The highest BCUT2D eigenvalue weighted by atomic mass is 16.5. The summed E-state index contributed by atoms with van der Waals surface area (Å²) in [6.45, 7) is 0. The van der Waals surface area contributed by atoms with Crippen molar-refractivity contribution in [3.05, 3.63) is 35.9 Å². The molecule has 1 N–H and O–H groups in total. The zero-order valence-electron chi connectivity index (χ0n) is 13.4. The van der Waals surface area contributed by atoms with Crippen LogP contribution in [0, 0.1) is 0 Å². The molecule has 0 unspecified atom stereocenters. The smallest absolute Gasteiger partial charge is 0.336 e. The van der Waals surface area contributed by atoms with Gasteiger partial charge in [-0.15, -0.1) is 0 Å². The quantitative estimate of drug-likeness (QED) is 0.882. The van der Waals surface area contributed by atoms with Crippen molar-refractivity contribution < 1.29 is 28.8 Å². The van der Waals surface area contributed by atoms with E-state index in [9.17, 15) is 9.90 Å². The lowest BCUT2D eigenvalue weighted by atomic mass is 9.98. The van der Waals surface area contributed by atoms with Gasteiger partial charge in [0, 0.05) is 5.56 Å². The summed E-state index contributed by atoms with van der Waals surface area (Å²) in [5.41, 5.74) is 1.27. The molecule has 0 saturated heterocycles. The molecule has 23 heavy (non-hydrogen) atoms. The number of aromatic carboxylic acids is 1. The highest BCUT2D eigenvalue weighted by Crippen LogP contribution is 2.38. The highest BCUT2D eigenvalue weighted by molar-refractivity contribution is 5.97. The number of carboxylic acid groups (broad SMARTS) is 1. The molecule has 0 aromatic heterocycles. The predicted molar refractivity (Wildman–Crippen MR) is 85.0 cm³/mol. The lowest BCUT2D eigenvalue weighted by molar-refractivity contribution is 0.0697. The topological polar surface area (TPSA) is 74.2 Å². The Morgan fingerprint density at radius 3 is 1.83 bits per heavy atom. The maximum Gasteiger partial charge on any atom is 0.336 e. The highest BCUT2D eigenvalue weighted by Gasteiger charge is 2.18. The normalized spacial score (nSPS) is 10.1. The number of hydrogen-bond acceptors (Lipinski definition) is 5. The van der Waals surface area contributed by atoms with Crippen molar-refractivity contribution in [2.45, 2.75) is 0 Å². The fraction of sp³-hybridized carbons (Fsp3) is 0.235. The summed E-state index contributed by atoms with van der Waals surface area (Å²) in [6.07, 6.45) is 0. The predicted octanol–water partition coefficient (Wildman–Crippen LogP) is 3.09. The van der Waals surface area contributed by atoms with Crippen LogP contribution in [0.2, 0.25) is 0 Å². The SMILES string of the molecule is COc1ccc(-c2cc(OC)c(OC)cc2C(=O)O)cc1OC. The Bertz CT molecular complexity index is 723. The summed E-state index contributed by atoms with van der Waals surface area (Å²) in [4.78, 5) is 11.6. The van der Waals surface area contributed by atoms with Crippen LogP contribution in [0.1, 0.15) is 10.4 Å². The van der Waals surface area contributed by atoms with Crippen molar-refractivity contribution >= 4 is 5.97 Å². The van der Waals surface area contributed by atoms with Crippen molar-refractivity contribution in [2.24, 2.45) is 0 Å². The van der Waals surface area contributed by atoms with Crippen LogP contribution in [0.15, 0.2) is 30.3 Å². The van der Waals surface area contributed by atoms with Crippen LogP contribution in [0.4, 0.5) is 0 Å². The van der Waals surface area contributed by atoms with Gasteiger partial charge in [0.2, 0.25) is 0 Å². The molecule has 0 bridgehead atoms. The zero-order chi connectivity index (χ0) is 17.0. The van der Waals surface area contributed by atoms with E-state index in [2.05, 4.69) is 0 Å². The monoisotopic (exact) mass is 318 g/mol. The summed E-state index contributed by atoms with van der Waals surface area (Å²) < 4.78 is 20.9. The molecule has 2 rings (SSSR count). The van der Waals surface area contributed by atoms with Crippen molar-refractivity contribution in [1.29, 1.82) is 0 Å². The number of ether oxygens (including phenoxy) is 4. The van der Waals surface area contributed by atoms with Crippen molar-refractivity contribution in [2.75, 3.05) is 28.4 Å². The maximum atomic E-state index is 11.6. The Morgan fingerprint density at radius 1 is 0.783 bits per heavy atom. The first-order chi connectivity index (χ1) is 11.0. The first-order valence-electron chi connectivity index (χ1n) is 6.77. The van der Waals surface area contributed by atoms with E-state index in [-0.39, 0.29) is 5.56 Å². The third kappa shape index (κ3) is 3.15. The fourth-order valence-electron chi connectivity index (χ4n) is 2.30. The molecule has 0 amide bonds. The van der Waals surface area contributed by atoms with Gasteiger partial charge in [-0.25, -0.2) is 4.79 Å². The standard InChI is InChI=1S/C17H18O6/c1-20-13-6-5-10(7-14(13)21-2)11-8-15(22-3)16(23-4)9-12(11)17(18)19/h5-9H,1-4H3,(H,18,19). The molecule has 6 nitrogen and oxygen atoms in total. The van der Waals surface area contributed by atoms with E-state index in [4.69, 9.17) is 18.9 Å². The second-order valence-corrected chi connectivity index (χ2v) is 4.63. The average molecular weight is 318 g/mol. The van der Waals surface area contributed by atoms with Crippen LogP contribution in [0.25, 0.3) is 11.1 Å². The molecule has 0 saturated carbocycles. The Hall–Kier alpha value is -2.89. The third-order valence-corrected chi connectivity index (χ3v) is 3.45. The van der Waals surface area contributed by atoms with Gasteiger partial charge in [-0.3, -0.25) is 0 Å². The third-order valence-electron chi connectivity index (χ3n) is 3.45. The molecule has 0 aliphatic heterocycles. The molecular weight excluding hydrogens is 300 g/mol. The lowest BCUT2D eigenvalue weighted by Gasteiger charge is -2.14. The first-order valence-corrected chi connectivity index (χ1v) is 6.77. The Morgan fingerprint density at radius 2 is 1.30 bits per heavy atom. The number of rotatable bonds is 6. The molecule has 122 valence electrons. The summed E-state index contributed by atoms with van der Waals surface area (Å²) in [5, 5.41) is 9.49. The minimum atomic E-state index is -1.06. The van der Waals surface area contributed by atoms with E-state index in [1.54, 1.807) is 24.3 Å². The Balaban J connectivity index is 2.68. The van der Waals surface area contributed by atoms with Crippen LogP contribution in [0.5, 0.6) is 23.0 Å². The van der Waals surface area contributed by atoms with Gasteiger partial charge >= 0.3 is 5.97 Å². The molecule has 0 aliphatic rings. The van der Waals surface area contributed by atoms with E-state index < -0.39 is 5.97 Å². The summed E-state index contributed by atoms with van der Waals surface area (Å²) in [5.74, 6) is 0.817. The number of benzene rings is 2. The molecule has 2 aromatic carbocycles. The van der Waals surface area contributed by atoms with Crippen LogP contribution < -0.4 is 18.9 Å². The van der Waals surface area contributed by atoms with Gasteiger partial charge in [0.15, 0.2) is 23.0 Å². The summed E-state index contributed by atoms with van der Waals surface area (Å²) >= 11 is 0. The average Bonchev–Trinajstić information content (AvgIpc) is 2.59. The molecule has 0 atom stereocenters. The molecule has 2 aromatic rings. The van der Waals surface area contributed by atoms with Gasteiger partial charge in [0.1, 0.15) is 0 Å². The van der Waals surface area contributed by atoms with E-state index >= 15 is 0 Å². The molecule has 0 spiro atoms. The molecular formula is C17H18O6. The van der Waals surface area contributed by atoms with Crippen molar-refractivity contribution in [3.63, 3.8) is 0 Å². The minimum Gasteiger partial charge on any atom is -0.493 e. The van der Waals surface area contributed by atoms with E-state index in [0.717, 1.165) is 0 Å². The van der Waals surface area contributed by atoms with E-state index in [1.165, 1.54) is 34.5 Å². The zero-order valence-corrected chi connectivity index (χ0v) is 13.4.